The number of aromatic nitrogens is 2. The molecule has 11 heteroatoms. The SMILES string of the molecule is Cl.O=[N+]([O-])c1ccc(CSC(Cn2ccnc2)SCc2ccc([N+](=O)[O-])cc2)cc1. The largest absolute Gasteiger partial charge is 0.336 e. The van der Waals surface area contributed by atoms with Crippen LogP contribution in [0.5, 0.6) is 0 Å². The van der Waals surface area contributed by atoms with Crippen LogP contribution in [0.2, 0.25) is 0 Å². The number of halogens is 1. The van der Waals surface area contributed by atoms with Crippen LogP contribution in [-0.2, 0) is 18.1 Å². The van der Waals surface area contributed by atoms with Crippen molar-refractivity contribution in [2.45, 2.75) is 22.6 Å². The second-order valence-corrected chi connectivity index (χ2v) is 8.84. The Labute approximate surface area is 187 Å². The van der Waals surface area contributed by atoms with E-state index in [1.807, 2.05) is 10.8 Å². The minimum absolute atomic E-state index is 0. The molecule has 1 aromatic heterocycles. The summed E-state index contributed by atoms with van der Waals surface area (Å²) in [5.74, 6) is 1.45. The molecule has 158 valence electrons. The van der Waals surface area contributed by atoms with Crippen molar-refractivity contribution < 1.29 is 9.85 Å². The van der Waals surface area contributed by atoms with Gasteiger partial charge in [0.1, 0.15) is 0 Å². The smallest absolute Gasteiger partial charge is 0.269 e. The van der Waals surface area contributed by atoms with Crippen LogP contribution >= 0.6 is 35.9 Å². The summed E-state index contributed by atoms with van der Waals surface area (Å²) in [4.78, 5) is 24.8. The molecule has 2 aromatic carbocycles. The van der Waals surface area contributed by atoms with Gasteiger partial charge in [0.15, 0.2) is 0 Å². The number of nitro benzene ring substituents is 2. The van der Waals surface area contributed by atoms with Gasteiger partial charge in [0.25, 0.3) is 11.4 Å². The average Bonchev–Trinajstić information content (AvgIpc) is 3.23. The Hall–Kier alpha value is -2.56. The molecule has 0 aliphatic heterocycles. The van der Waals surface area contributed by atoms with E-state index in [-0.39, 0.29) is 28.4 Å². The molecule has 1 heterocycles. The van der Waals surface area contributed by atoms with Crippen LogP contribution in [0.15, 0.2) is 67.3 Å². The van der Waals surface area contributed by atoms with Crippen molar-refractivity contribution in [3.8, 4) is 0 Å². The lowest BCUT2D eigenvalue weighted by molar-refractivity contribution is -0.385. The fourth-order valence-corrected chi connectivity index (χ4v) is 5.02. The molecule has 30 heavy (non-hydrogen) atoms. The van der Waals surface area contributed by atoms with Crippen LogP contribution in [0.3, 0.4) is 0 Å². The number of thioether (sulfide) groups is 2. The van der Waals surface area contributed by atoms with Crippen molar-refractivity contribution in [1.29, 1.82) is 0 Å². The predicted octanol–water partition coefficient (Wildman–Crippen LogP) is 5.31. The highest BCUT2D eigenvalue weighted by atomic mass is 35.5. The van der Waals surface area contributed by atoms with E-state index in [0.717, 1.165) is 29.2 Å². The molecule has 8 nitrogen and oxygen atoms in total. The van der Waals surface area contributed by atoms with Crippen LogP contribution in [0, 0.1) is 20.2 Å². The number of imidazole rings is 1. The summed E-state index contributed by atoms with van der Waals surface area (Å²) in [6, 6.07) is 13.2. The molecule has 0 aliphatic carbocycles. The molecule has 0 amide bonds. The van der Waals surface area contributed by atoms with Crippen molar-refractivity contribution in [3.63, 3.8) is 0 Å². The predicted molar refractivity (Wildman–Crippen MR) is 122 cm³/mol. The standard InChI is InChI=1S/C19H18N4O4S2.ClH/c24-22(25)17-5-1-15(2-6-17)12-28-19(11-21-10-9-20-14-21)29-13-16-3-7-18(8-4-16)23(26)27;/h1-10,14,19H,11-13H2;1H. The Balaban J connectivity index is 0.00000320. The normalized spacial score (nSPS) is 10.6. The van der Waals surface area contributed by atoms with Gasteiger partial charge >= 0.3 is 0 Å². The third kappa shape index (κ3) is 7.05. The molecule has 0 N–H and O–H groups in total. The second kappa shape index (κ2) is 11.6. The van der Waals surface area contributed by atoms with E-state index in [4.69, 9.17) is 0 Å². The van der Waals surface area contributed by atoms with Crippen LogP contribution in [0.25, 0.3) is 0 Å². The maximum atomic E-state index is 10.8. The topological polar surface area (TPSA) is 104 Å². The highest BCUT2D eigenvalue weighted by Gasteiger charge is 2.13. The average molecular weight is 467 g/mol. The Bertz CT molecular complexity index is 892. The van der Waals surface area contributed by atoms with E-state index in [1.165, 1.54) is 24.3 Å². The number of nitro groups is 2. The third-order valence-corrected chi connectivity index (χ3v) is 6.94. The molecule has 0 bridgehead atoms. The summed E-state index contributed by atoms with van der Waals surface area (Å²) in [7, 11) is 0. The summed E-state index contributed by atoms with van der Waals surface area (Å²) in [6.45, 7) is 0.759. The minimum atomic E-state index is -0.404. The van der Waals surface area contributed by atoms with Crippen LogP contribution in [0.4, 0.5) is 11.4 Å². The molecule has 0 spiro atoms. The summed E-state index contributed by atoms with van der Waals surface area (Å²) in [6.07, 6.45) is 5.41. The van der Waals surface area contributed by atoms with Gasteiger partial charge in [0, 0.05) is 54.7 Å². The summed E-state index contributed by atoms with van der Waals surface area (Å²) in [5, 5.41) is 21.6. The van der Waals surface area contributed by atoms with Gasteiger partial charge in [-0.15, -0.1) is 35.9 Å². The van der Waals surface area contributed by atoms with Crippen molar-refractivity contribution in [3.05, 3.63) is 98.6 Å². The molecule has 0 unspecified atom stereocenters. The highest BCUT2D eigenvalue weighted by Crippen LogP contribution is 2.31. The molecule has 0 fully saturated rings. The van der Waals surface area contributed by atoms with Crippen LogP contribution in [-0.4, -0.2) is 24.0 Å². The van der Waals surface area contributed by atoms with Gasteiger partial charge in [-0.05, 0) is 11.1 Å². The summed E-state index contributed by atoms with van der Waals surface area (Å²) in [5.41, 5.74) is 2.21. The van der Waals surface area contributed by atoms with Crippen molar-refractivity contribution in [1.82, 2.24) is 9.55 Å². The van der Waals surface area contributed by atoms with Gasteiger partial charge in [-0.1, -0.05) is 24.3 Å². The van der Waals surface area contributed by atoms with E-state index in [2.05, 4.69) is 4.98 Å². The van der Waals surface area contributed by atoms with E-state index >= 15 is 0 Å². The quantitative estimate of drug-likeness (QED) is 0.226. The molecule has 0 saturated heterocycles. The lowest BCUT2D eigenvalue weighted by atomic mass is 10.2. The number of rotatable bonds is 10. The Morgan fingerprint density at radius 3 is 1.70 bits per heavy atom. The molecular weight excluding hydrogens is 448 g/mol. The van der Waals surface area contributed by atoms with Crippen molar-refractivity contribution in [2.75, 3.05) is 0 Å². The Morgan fingerprint density at radius 2 is 1.33 bits per heavy atom. The number of hydrogen-bond acceptors (Lipinski definition) is 7. The van der Waals surface area contributed by atoms with Crippen LogP contribution < -0.4 is 0 Å². The first-order chi connectivity index (χ1) is 14.0. The summed E-state index contributed by atoms with van der Waals surface area (Å²) >= 11 is 3.50. The summed E-state index contributed by atoms with van der Waals surface area (Å²) < 4.78 is 2.23. The fourth-order valence-electron chi connectivity index (χ4n) is 2.53. The first-order valence-electron chi connectivity index (χ1n) is 8.67. The lowest BCUT2D eigenvalue weighted by Gasteiger charge is -2.17. The molecule has 0 aliphatic rings. The minimum Gasteiger partial charge on any atom is -0.336 e. The van der Waals surface area contributed by atoms with E-state index in [9.17, 15) is 20.2 Å². The zero-order chi connectivity index (χ0) is 20.6. The number of benzene rings is 2. The van der Waals surface area contributed by atoms with Gasteiger partial charge in [0.2, 0.25) is 0 Å². The maximum absolute atomic E-state index is 10.8. The molecule has 0 saturated carbocycles. The number of non-ortho nitro benzene ring substituents is 2. The Morgan fingerprint density at radius 1 is 0.867 bits per heavy atom. The first-order valence-corrected chi connectivity index (χ1v) is 10.8. The van der Waals surface area contributed by atoms with Gasteiger partial charge in [-0.3, -0.25) is 20.2 Å². The van der Waals surface area contributed by atoms with Gasteiger partial charge in [-0.2, -0.15) is 0 Å². The van der Waals surface area contributed by atoms with Crippen molar-refractivity contribution in [2.24, 2.45) is 0 Å². The highest BCUT2D eigenvalue weighted by molar-refractivity contribution is 8.16. The molecular formula is C19H19ClN4O4S2. The van der Waals surface area contributed by atoms with E-state index in [0.29, 0.717) is 0 Å². The molecule has 0 radical (unpaired) electrons. The van der Waals surface area contributed by atoms with Crippen LogP contribution in [0.1, 0.15) is 11.1 Å². The first kappa shape index (κ1) is 23.7. The van der Waals surface area contributed by atoms with Gasteiger partial charge < -0.3 is 4.57 Å². The zero-order valence-corrected chi connectivity index (χ0v) is 18.1. The maximum Gasteiger partial charge on any atom is 0.269 e. The Kier molecular flexibility index (Phi) is 9.15. The zero-order valence-electron chi connectivity index (χ0n) is 15.7. The third-order valence-electron chi connectivity index (χ3n) is 4.09. The molecule has 0 atom stereocenters. The number of nitrogens with zero attached hydrogens (tertiary/aromatic N) is 4. The van der Waals surface area contributed by atoms with Crippen molar-refractivity contribution >= 4 is 47.3 Å². The number of hydrogen-bond donors (Lipinski definition) is 0. The molecule has 3 aromatic rings. The fraction of sp³-hybridized carbons (Fsp3) is 0.211. The van der Waals surface area contributed by atoms with E-state index < -0.39 is 9.85 Å². The lowest BCUT2D eigenvalue weighted by Crippen LogP contribution is -2.09. The van der Waals surface area contributed by atoms with Gasteiger partial charge in [0.05, 0.1) is 20.8 Å². The molecule has 3 rings (SSSR count). The van der Waals surface area contributed by atoms with Gasteiger partial charge in [-0.25, -0.2) is 4.98 Å². The second-order valence-electron chi connectivity index (χ2n) is 6.16. The monoisotopic (exact) mass is 466 g/mol. The van der Waals surface area contributed by atoms with E-state index in [1.54, 1.807) is 60.3 Å².